The highest BCUT2D eigenvalue weighted by atomic mass is 32.1. The van der Waals surface area contributed by atoms with Gasteiger partial charge in [-0.3, -0.25) is 4.98 Å². The molecular weight excluding hydrogens is 506 g/mol. The molecule has 0 fully saturated rings. The molecule has 0 amide bonds. The standard InChI is InChI=1S/C6H6.C5H5N.C4H4O.C4H4S.9C2H6/c2*1-2-4-6-5-3-1;2*1-2-4-5-3-1;9*1-2/h1-6H;1-5H;2*1-4H;9*1-2H3. The molecule has 3 heteroatoms. The number of pyridine rings is 1. The number of nitrogens with zero attached hydrogens (tertiary/aromatic N) is 1. The van der Waals surface area contributed by atoms with Crippen molar-refractivity contribution in [1.29, 1.82) is 0 Å². The smallest absolute Gasteiger partial charge is 0.0902 e. The molecule has 40 heavy (non-hydrogen) atoms. The molecule has 4 aromatic rings. The van der Waals surface area contributed by atoms with Gasteiger partial charge in [-0.1, -0.05) is 179 Å². The Bertz CT molecular complexity index is 450. The molecule has 2 nitrogen and oxygen atoms in total. The van der Waals surface area contributed by atoms with Gasteiger partial charge in [0, 0.05) is 12.4 Å². The van der Waals surface area contributed by atoms with E-state index in [0.29, 0.717) is 0 Å². The van der Waals surface area contributed by atoms with Crippen molar-refractivity contribution in [2.45, 2.75) is 125 Å². The van der Waals surface area contributed by atoms with E-state index >= 15 is 0 Å². The average molecular weight is 580 g/mol. The monoisotopic (exact) mass is 580 g/mol. The van der Waals surface area contributed by atoms with Crippen LogP contribution in [-0.4, -0.2) is 4.98 Å². The molecule has 0 spiro atoms. The Hall–Kier alpha value is -2.65. The van der Waals surface area contributed by atoms with Gasteiger partial charge in [0.1, 0.15) is 0 Å². The van der Waals surface area contributed by atoms with E-state index in [1.165, 1.54) is 0 Å². The van der Waals surface area contributed by atoms with Crippen LogP contribution in [0.25, 0.3) is 0 Å². The number of aromatic nitrogens is 1. The molecule has 0 bridgehead atoms. The van der Waals surface area contributed by atoms with E-state index in [9.17, 15) is 0 Å². The lowest BCUT2D eigenvalue weighted by Gasteiger charge is -1.70. The Kier molecular flexibility index (Phi) is 186. The van der Waals surface area contributed by atoms with Gasteiger partial charge in [0.25, 0.3) is 0 Å². The van der Waals surface area contributed by atoms with Gasteiger partial charge < -0.3 is 4.42 Å². The highest BCUT2D eigenvalue weighted by molar-refractivity contribution is 7.07. The summed E-state index contributed by atoms with van der Waals surface area (Å²) in [6.45, 7) is 36.0. The summed E-state index contributed by atoms with van der Waals surface area (Å²) in [5, 5.41) is 4.08. The van der Waals surface area contributed by atoms with E-state index in [-0.39, 0.29) is 0 Å². The van der Waals surface area contributed by atoms with E-state index in [0.717, 1.165) is 0 Å². The van der Waals surface area contributed by atoms with Crippen molar-refractivity contribution in [3.8, 4) is 0 Å². The minimum atomic E-state index is 1.62. The van der Waals surface area contributed by atoms with Gasteiger partial charge >= 0.3 is 0 Å². The first-order valence-electron chi connectivity index (χ1n) is 15.8. The van der Waals surface area contributed by atoms with Gasteiger partial charge in [0.2, 0.25) is 0 Å². The zero-order valence-electron chi connectivity index (χ0n) is 30.2. The number of furan rings is 1. The van der Waals surface area contributed by atoms with Crippen molar-refractivity contribution in [3.05, 3.63) is 115 Å². The van der Waals surface area contributed by atoms with Crippen LogP contribution in [0.1, 0.15) is 125 Å². The minimum absolute atomic E-state index is 1.62. The number of rotatable bonds is 0. The summed E-state index contributed by atoms with van der Waals surface area (Å²) >= 11 is 1.71. The average Bonchev–Trinajstić information content (AvgIpc) is 3.92. The Morgan fingerprint density at radius 1 is 0.325 bits per heavy atom. The third-order valence-corrected chi connectivity index (χ3v) is 2.71. The molecule has 238 valence electrons. The largest absolute Gasteiger partial charge is 0.473 e. The molecular formula is C37H73NOS. The first-order valence-corrected chi connectivity index (χ1v) is 16.7. The second kappa shape index (κ2) is 121. The summed E-state index contributed by atoms with van der Waals surface area (Å²) in [7, 11) is 0. The van der Waals surface area contributed by atoms with Crippen LogP contribution in [0.2, 0.25) is 0 Å². The van der Waals surface area contributed by atoms with Crippen molar-refractivity contribution in [2.24, 2.45) is 0 Å². The van der Waals surface area contributed by atoms with Crippen LogP contribution in [0.5, 0.6) is 0 Å². The van der Waals surface area contributed by atoms with Crippen LogP contribution in [0.4, 0.5) is 0 Å². The third-order valence-electron chi connectivity index (χ3n) is 2.08. The maximum atomic E-state index is 4.58. The lowest BCUT2D eigenvalue weighted by atomic mass is 10.4. The highest BCUT2D eigenvalue weighted by Crippen LogP contribution is 1.91. The molecule has 0 aliphatic carbocycles. The quantitative estimate of drug-likeness (QED) is 0.207. The van der Waals surface area contributed by atoms with Gasteiger partial charge in [-0.05, 0) is 35.0 Å². The fourth-order valence-electron chi connectivity index (χ4n) is 1.15. The van der Waals surface area contributed by atoms with Crippen molar-refractivity contribution in [1.82, 2.24) is 4.98 Å². The van der Waals surface area contributed by atoms with Crippen LogP contribution >= 0.6 is 11.3 Å². The topological polar surface area (TPSA) is 26.0 Å². The van der Waals surface area contributed by atoms with E-state index in [1.54, 1.807) is 36.3 Å². The Balaban J connectivity index is -0.0000000388. The summed E-state index contributed by atoms with van der Waals surface area (Å²) in [5.41, 5.74) is 0. The molecule has 3 aromatic heterocycles. The molecule has 0 saturated heterocycles. The van der Waals surface area contributed by atoms with Gasteiger partial charge in [-0.15, -0.1) is 0 Å². The SMILES string of the molecule is CC.CC.CC.CC.CC.CC.CC.CC.CC.c1ccccc1.c1ccncc1.c1ccoc1.c1ccsc1. The minimum Gasteiger partial charge on any atom is -0.473 e. The van der Waals surface area contributed by atoms with E-state index < -0.39 is 0 Å². The molecule has 0 radical (unpaired) electrons. The van der Waals surface area contributed by atoms with Crippen molar-refractivity contribution >= 4 is 11.3 Å². The summed E-state index contributed by atoms with van der Waals surface area (Å²) in [5.74, 6) is 0. The number of hydrogen-bond acceptors (Lipinski definition) is 3. The fourth-order valence-corrected chi connectivity index (χ4v) is 1.60. The van der Waals surface area contributed by atoms with E-state index in [1.807, 2.05) is 214 Å². The molecule has 1 aromatic carbocycles. The second-order valence-corrected chi connectivity index (χ2v) is 4.58. The molecule has 0 aliphatic rings. The normalized spacial score (nSPS) is 5.75. The van der Waals surface area contributed by atoms with Crippen LogP contribution in [0, 0.1) is 0 Å². The van der Waals surface area contributed by atoms with Crippen molar-refractivity contribution in [2.75, 3.05) is 0 Å². The van der Waals surface area contributed by atoms with Gasteiger partial charge in [-0.2, -0.15) is 11.3 Å². The third kappa shape index (κ3) is 111. The first-order chi connectivity index (χ1) is 20.0. The zero-order chi connectivity index (χ0) is 33.6. The van der Waals surface area contributed by atoms with E-state index in [2.05, 4.69) is 9.40 Å². The number of hydrogen-bond donors (Lipinski definition) is 0. The maximum Gasteiger partial charge on any atom is 0.0902 e. The molecule has 0 aliphatic heterocycles. The molecule has 0 atom stereocenters. The maximum absolute atomic E-state index is 4.58. The molecule has 3 heterocycles. The van der Waals surface area contributed by atoms with Crippen LogP contribution in [0.15, 0.2) is 119 Å². The summed E-state index contributed by atoms with van der Waals surface area (Å²) < 4.78 is 4.58. The predicted molar refractivity (Wildman–Crippen MR) is 196 cm³/mol. The van der Waals surface area contributed by atoms with Gasteiger partial charge in [-0.25, -0.2) is 0 Å². The molecule has 4 rings (SSSR count). The lowest BCUT2D eigenvalue weighted by Crippen LogP contribution is -1.58. The summed E-state index contributed by atoms with van der Waals surface area (Å²) in [4.78, 5) is 3.78. The van der Waals surface area contributed by atoms with Crippen LogP contribution in [0.3, 0.4) is 0 Å². The van der Waals surface area contributed by atoms with Crippen molar-refractivity contribution in [3.63, 3.8) is 0 Å². The van der Waals surface area contributed by atoms with Gasteiger partial charge in [0.05, 0.1) is 12.5 Å². The summed E-state index contributed by atoms with van der Waals surface area (Å²) in [6, 6.07) is 25.4. The molecule has 0 unspecified atom stereocenters. The van der Waals surface area contributed by atoms with Crippen LogP contribution < -0.4 is 0 Å². The Morgan fingerprint density at radius 3 is 0.675 bits per heavy atom. The second-order valence-electron chi connectivity index (χ2n) is 3.77. The Morgan fingerprint density at radius 2 is 0.575 bits per heavy atom. The Labute approximate surface area is 259 Å². The molecule has 0 saturated carbocycles. The van der Waals surface area contributed by atoms with E-state index in [4.69, 9.17) is 0 Å². The number of benzene rings is 1. The van der Waals surface area contributed by atoms with Crippen molar-refractivity contribution < 1.29 is 4.42 Å². The van der Waals surface area contributed by atoms with Crippen LogP contribution in [-0.2, 0) is 0 Å². The highest BCUT2D eigenvalue weighted by Gasteiger charge is 1.60. The lowest BCUT2D eigenvalue weighted by molar-refractivity contribution is 0.567. The molecule has 0 N–H and O–H groups in total. The van der Waals surface area contributed by atoms with Gasteiger partial charge in [0.15, 0.2) is 0 Å². The number of thiophene rings is 1. The first kappa shape index (κ1) is 61.4. The zero-order valence-corrected chi connectivity index (χ0v) is 31.0. The fraction of sp³-hybridized carbons (Fsp3) is 0.486. The summed E-state index contributed by atoms with van der Waals surface area (Å²) in [6.07, 6.45) is 6.75. The predicted octanol–water partition coefficient (Wildman–Crippen LogP) is 15.0.